The number of nitrogens with one attached hydrogen (secondary N) is 2. The fourth-order valence-electron chi connectivity index (χ4n) is 2.72. The molecule has 2 heterocycles. The number of nitrogens with zero attached hydrogens (tertiary/aromatic N) is 2. The van der Waals surface area contributed by atoms with Gasteiger partial charge in [-0.3, -0.25) is 4.99 Å². The van der Waals surface area contributed by atoms with Crippen LogP contribution >= 0.6 is 0 Å². The zero-order valence-electron chi connectivity index (χ0n) is 14.0. The Morgan fingerprint density at radius 3 is 2.96 bits per heavy atom. The van der Waals surface area contributed by atoms with Crippen LogP contribution in [0.1, 0.15) is 11.1 Å². The van der Waals surface area contributed by atoms with Crippen LogP contribution in [0.2, 0.25) is 0 Å². The molecule has 0 saturated heterocycles. The van der Waals surface area contributed by atoms with E-state index in [1.54, 1.807) is 20.4 Å². The lowest BCUT2D eigenvalue weighted by molar-refractivity contribution is 0.235. The molecule has 6 nitrogen and oxygen atoms in total. The maximum absolute atomic E-state index is 5.93. The number of fused-ring (bicyclic) bond motifs is 1. The molecule has 1 unspecified atom stereocenters. The summed E-state index contributed by atoms with van der Waals surface area (Å²) < 4.78 is 11.2. The monoisotopic (exact) mass is 326 g/mol. The minimum Gasteiger partial charge on any atom is -0.488 e. The largest absolute Gasteiger partial charge is 0.488 e. The molecule has 1 aliphatic rings. The summed E-state index contributed by atoms with van der Waals surface area (Å²) in [5.74, 6) is 2.32. The first kappa shape index (κ1) is 16.1. The lowest BCUT2D eigenvalue weighted by atomic mass is 10.1. The number of para-hydroxylation sites is 1. The molecular formula is C18H22N4O2. The number of pyridine rings is 1. The number of rotatable bonds is 5. The van der Waals surface area contributed by atoms with Crippen LogP contribution in [0.3, 0.4) is 0 Å². The van der Waals surface area contributed by atoms with Gasteiger partial charge in [0.2, 0.25) is 5.88 Å². The van der Waals surface area contributed by atoms with Gasteiger partial charge in [0.15, 0.2) is 5.96 Å². The molecule has 0 amide bonds. The molecule has 3 rings (SSSR count). The van der Waals surface area contributed by atoms with Crippen molar-refractivity contribution in [2.24, 2.45) is 4.99 Å². The van der Waals surface area contributed by atoms with E-state index in [4.69, 9.17) is 9.47 Å². The molecule has 0 radical (unpaired) electrons. The van der Waals surface area contributed by atoms with Gasteiger partial charge in [0.1, 0.15) is 11.9 Å². The molecule has 2 N–H and O–H groups in total. The van der Waals surface area contributed by atoms with E-state index in [0.29, 0.717) is 19.0 Å². The van der Waals surface area contributed by atoms with E-state index >= 15 is 0 Å². The summed E-state index contributed by atoms with van der Waals surface area (Å²) >= 11 is 0. The molecular weight excluding hydrogens is 304 g/mol. The maximum atomic E-state index is 5.93. The molecule has 1 aliphatic heterocycles. The Morgan fingerprint density at radius 2 is 2.17 bits per heavy atom. The topological polar surface area (TPSA) is 67.8 Å². The number of aliphatic imine (C=N–C) groups is 1. The highest BCUT2D eigenvalue weighted by Gasteiger charge is 2.22. The molecule has 1 atom stereocenters. The summed E-state index contributed by atoms with van der Waals surface area (Å²) in [6.07, 6.45) is 2.75. The van der Waals surface area contributed by atoms with E-state index in [9.17, 15) is 0 Å². The minimum atomic E-state index is 0.119. The van der Waals surface area contributed by atoms with E-state index in [2.05, 4.69) is 26.7 Å². The number of aromatic nitrogens is 1. The predicted molar refractivity (Wildman–Crippen MR) is 93.6 cm³/mol. The quantitative estimate of drug-likeness (QED) is 0.647. The van der Waals surface area contributed by atoms with Crippen LogP contribution in [0.5, 0.6) is 11.6 Å². The van der Waals surface area contributed by atoms with Crippen molar-refractivity contribution in [3.05, 3.63) is 53.7 Å². The summed E-state index contributed by atoms with van der Waals surface area (Å²) in [5.41, 5.74) is 2.24. The third-order valence-corrected chi connectivity index (χ3v) is 3.92. The number of guanidine groups is 1. The minimum absolute atomic E-state index is 0.119. The molecule has 1 aromatic heterocycles. The highest BCUT2D eigenvalue weighted by molar-refractivity contribution is 5.79. The van der Waals surface area contributed by atoms with Gasteiger partial charge >= 0.3 is 0 Å². The number of hydrogen-bond acceptors (Lipinski definition) is 4. The molecule has 6 heteroatoms. The lowest BCUT2D eigenvalue weighted by Crippen LogP contribution is -2.42. The van der Waals surface area contributed by atoms with Gasteiger partial charge in [-0.15, -0.1) is 0 Å². The first-order chi connectivity index (χ1) is 11.8. The van der Waals surface area contributed by atoms with Crippen LogP contribution in [-0.4, -0.2) is 37.7 Å². The Balaban J connectivity index is 1.50. The second kappa shape index (κ2) is 7.68. The number of benzene rings is 1. The summed E-state index contributed by atoms with van der Waals surface area (Å²) in [5, 5.41) is 6.58. The average Bonchev–Trinajstić information content (AvgIpc) is 3.05. The smallest absolute Gasteiger partial charge is 0.218 e. The molecule has 126 valence electrons. The zero-order chi connectivity index (χ0) is 16.8. The van der Waals surface area contributed by atoms with E-state index in [1.807, 2.05) is 30.3 Å². The van der Waals surface area contributed by atoms with Crippen molar-refractivity contribution >= 4 is 5.96 Å². The summed E-state index contributed by atoms with van der Waals surface area (Å²) in [4.78, 5) is 8.44. The molecule has 0 bridgehead atoms. The van der Waals surface area contributed by atoms with Gasteiger partial charge in [-0.25, -0.2) is 4.98 Å². The van der Waals surface area contributed by atoms with Crippen molar-refractivity contribution in [1.29, 1.82) is 0 Å². The van der Waals surface area contributed by atoms with Crippen molar-refractivity contribution in [3.63, 3.8) is 0 Å². The molecule has 24 heavy (non-hydrogen) atoms. The van der Waals surface area contributed by atoms with Gasteiger partial charge in [-0.2, -0.15) is 0 Å². The van der Waals surface area contributed by atoms with Gasteiger partial charge in [-0.1, -0.05) is 24.3 Å². The van der Waals surface area contributed by atoms with Crippen LogP contribution in [-0.2, 0) is 13.0 Å². The van der Waals surface area contributed by atoms with Crippen molar-refractivity contribution in [1.82, 2.24) is 15.6 Å². The van der Waals surface area contributed by atoms with Crippen molar-refractivity contribution in [2.45, 2.75) is 19.1 Å². The Kier molecular flexibility index (Phi) is 5.15. The van der Waals surface area contributed by atoms with Crippen LogP contribution in [0.15, 0.2) is 47.6 Å². The maximum Gasteiger partial charge on any atom is 0.218 e. The fourth-order valence-corrected chi connectivity index (χ4v) is 2.72. The summed E-state index contributed by atoms with van der Waals surface area (Å²) in [6, 6.07) is 12.0. The zero-order valence-corrected chi connectivity index (χ0v) is 14.0. The average molecular weight is 326 g/mol. The van der Waals surface area contributed by atoms with Crippen LogP contribution < -0.4 is 20.1 Å². The molecule has 2 aromatic rings. The Morgan fingerprint density at radius 1 is 1.29 bits per heavy atom. The van der Waals surface area contributed by atoms with Crippen molar-refractivity contribution in [2.75, 3.05) is 20.7 Å². The van der Waals surface area contributed by atoms with Crippen molar-refractivity contribution in [3.8, 4) is 11.6 Å². The van der Waals surface area contributed by atoms with Gasteiger partial charge in [-0.05, 0) is 17.7 Å². The first-order valence-corrected chi connectivity index (χ1v) is 7.97. The second-order valence-electron chi connectivity index (χ2n) is 5.53. The Labute approximate surface area is 141 Å². The SMILES string of the molecule is CN=C(NCc1cccnc1OC)NCC1Cc2ccccc2O1. The lowest BCUT2D eigenvalue weighted by Gasteiger charge is -2.16. The highest BCUT2D eigenvalue weighted by Crippen LogP contribution is 2.27. The highest BCUT2D eigenvalue weighted by atomic mass is 16.5. The second-order valence-corrected chi connectivity index (χ2v) is 5.53. The van der Waals surface area contributed by atoms with E-state index in [-0.39, 0.29) is 6.10 Å². The van der Waals surface area contributed by atoms with E-state index < -0.39 is 0 Å². The molecule has 0 aliphatic carbocycles. The van der Waals surface area contributed by atoms with Gasteiger partial charge < -0.3 is 20.1 Å². The molecule has 1 aromatic carbocycles. The number of hydrogen-bond donors (Lipinski definition) is 2. The summed E-state index contributed by atoms with van der Waals surface area (Å²) in [6.45, 7) is 1.28. The van der Waals surface area contributed by atoms with Crippen LogP contribution in [0.4, 0.5) is 0 Å². The van der Waals surface area contributed by atoms with Gasteiger partial charge in [0.05, 0.1) is 13.7 Å². The molecule has 0 fully saturated rings. The Bertz CT molecular complexity index is 693. The standard InChI is InChI=1S/C18H22N4O2/c1-19-18(21-11-14-7-5-9-20-17(14)23-2)22-12-15-10-13-6-3-4-8-16(13)24-15/h3-9,15H,10-12H2,1-2H3,(H2,19,21,22). The third-order valence-electron chi connectivity index (χ3n) is 3.92. The van der Waals surface area contributed by atoms with E-state index in [1.165, 1.54) is 5.56 Å². The first-order valence-electron chi connectivity index (χ1n) is 7.97. The van der Waals surface area contributed by atoms with Crippen molar-refractivity contribution < 1.29 is 9.47 Å². The molecule has 0 spiro atoms. The summed E-state index contributed by atoms with van der Waals surface area (Å²) in [7, 11) is 3.37. The molecule has 0 saturated carbocycles. The van der Waals surface area contributed by atoms with Crippen LogP contribution in [0, 0.1) is 0 Å². The van der Waals surface area contributed by atoms with E-state index in [0.717, 1.165) is 23.7 Å². The third kappa shape index (κ3) is 3.76. The van der Waals surface area contributed by atoms with Crippen LogP contribution in [0.25, 0.3) is 0 Å². The fraction of sp³-hybridized carbons (Fsp3) is 0.333. The van der Waals surface area contributed by atoms with Gasteiger partial charge in [0.25, 0.3) is 0 Å². The number of ether oxygens (including phenoxy) is 2. The Hall–Kier alpha value is -2.76. The van der Waals surface area contributed by atoms with Gasteiger partial charge in [0, 0.05) is 31.8 Å². The number of methoxy groups -OCH3 is 1. The predicted octanol–water partition coefficient (Wildman–Crippen LogP) is 1.76. The normalized spacial score (nSPS) is 16.2.